The molecule has 5 nitrogen and oxygen atoms in total. The van der Waals surface area contributed by atoms with Crippen LogP contribution in [0.2, 0.25) is 0 Å². The van der Waals surface area contributed by atoms with E-state index in [1.165, 1.54) is 12.1 Å². The Hall–Kier alpha value is -1.50. The Morgan fingerprint density at radius 2 is 2.14 bits per heavy atom. The molecular weight excluding hydrogens is 295 g/mol. The van der Waals surface area contributed by atoms with Crippen molar-refractivity contribution in [2.45, 2.75) is 19.0 Å². The first kappa shape index (κ1) is 15.9. The summed E-state index contributed by atoms with van der Waals surface area (Å²) < 4.78 is 18.1. The van der Waals surface area contributed by atoms with Crippen molar-refractivity contribution in [3.8, 4) is 11.4 Å². The van der Waals surface area contributed by atoms with Gasteiger partial charge in [0.05, 0.1) is 6.54 Å². The van der Waals surface area contributed by atoms with Crippen molar-refractivity contribution in [3.63, 3.8) is 0 Å². The Bertz CT molecular complexity index is 569. The molecule has 0 spiro atoms. The number of aromatic nitrogens is 2. The summed E-state index contributed by atoms with van der Waals surface area (Å²) >= 11 is 0. The van der Waals surface area contributed by atoms with E-state index in [0.29, 0.717) is 24.3 Å². The van der Waals surface area contributed by atoms with E-state index in [1.807, 2.05) is 0 Å². The van der Waals surface area contributed by atoms with Crippen molar-refractivity contribution < 1.29 is 8.91 Å². The number of nitrogens with one attached hydrogen (secondary N) is 1. The third kappa shape index (κ3) is 3.78. The minimum absolute atomic E-state index is 0. The maximum absolute atomic E-state index is 12.9. The second-order valence-electron chi connectivity index (χ2n) is 5.08. The number of rotatable bonds is 4. The van der Waals surface area contributed by atoms with E-state index in [1.54, 1.807) is 12.1 Å². The molecule has 21 heavy (non-hydrogen) atoms. The van der Waals surface area contributed by atoms with Crippen LogP contribution in [0, 0.1) is 5.82 Å². The van der Waals surface area contributed by atoms with Gasteiger partial charge in [-0.05, 0) is 44.3 Å². The van der Waals surface area contributed by atoms with Gasteiger partial charge >= 0.3 is 0 Å². The minimum Gasteiger partial charge on any atom is -0.338 e. The molecule has 7 heteroatoms. The normalized spacial score (nSPS) is 18.0. The predicted octanol–water partition coefficient (Wildman–Crippen LogP) is 2.09. The van der Waals surface area contributed by atoms with Gasteiger partial charge in [0, 0.05) is 18.2 Å². The van der Waals surface area contributed by atoms with Crippen LogP contribution in [0.15, 0.2) is 28.8 Å². The fourth-order valence-corrected chi connectivity index (χ4v) is 2.39. The standard InChI is InChI=1S/C14H17FN4O.ClH/c1-19(12-6-7-16-8-12)9-13-17-14(18-20-13)10-2-4-11(15)5-3-10;/h2-5,12,16H,6-9H2,1H3;1H. The lowest BCUT2D eigenvalue weighted by Gasteiger charge is -2.21. The molecule has 1 unspecified atom stereocenters. The predicted molar refractivity (Wildman–Crippen MR) is 79.7 cm³/mol. The number of nitrogens with zero attached hydrogens (tertiary/aromatic N) is 3. The van der Waals surface area contributed by atoms with Crippen molar-refractivity contribution >= 4 is 12.4 Å². The Morgan fingerprint density at radius 1 is 1.38 bits per heavy atom. The minimum atomic E-state index is -0.272. The molecule has 3 rings (SSSR count). The highest BCUT2D eigenvalue weighted by atomic mass is 35.5. The van der Waals surface area contributed by atoms with E-state index in [4.69, 9.17) is 4.52 Å². The summed E-state index contributed by atoms with van der Waals surface area (Å²) in [5.74, 6) is 0.808. The molecule has 1 aliphatic rings. The summed E-state index contributed by atoms with van der Waals surface area (Å²) in [6, 6.07) is 6.59. The highest BCUT2D eigenvalue weighted by Gasteiger charge is 2.21. The van der Waals surface area contributed by atoms with Crippen molar-refractivity contribution in [1.29, 1.82) is 0 Å². The molecular formula is C14H18ClFN4O. The second kappa shape index (κ2) is 6.98. The fourth-order valence-electron chi connectivity index (χ4n) is 2.39. The van der Waals surface area contributed by atoms with Gasteiger partial charge in [-0.15, -0.1) is 12.4 Å². The zero-order valence-corrected chi connectivity index (χ0v) is 12.6. The highest BCUT2D eigenvalue weighted by molar-refractivity contribution is 5.85. The van der Waals surface area contributed by atoms with Crippen LogP contribution in [0.25, 0.3) is 11.4 Å². The van der Waals surface area contributed by atoms with Gasteiger partial charge in [0.1, 0.15) is 5.82 Å². The smallest absolute Gasteiger partial charge is 0.241 e. The van der Waals surface area contributed by atoms with Crippen molar-refractivity contribution in [2.75, 3.05) is 20.1 Å². The van der Waals surface area contributed by atoms with E-state index >= 15 is 0 Å². The summed E-state index contributed by atoms with van der Waals surface area (Å²) in [7, 11) is 2.05. The molecule has 1 aromatic carbocycles. The summed E-state index contributed by atoms with van der Waals surface area (Å²) in [4.78, 5) is 6.57. The Kier molecular flexibility index (Phi) is 5.27. The van der Waals surface area contributed by atoms with E-state index < -0.39 is 0 Å². The molecule has 1 aromatic heterocycles. The zero-order valence-electron chi connectivity index (χ0n) is 11.8. The third-order valence-corrected chi connectivity index (χ3v) is 3.61. The SMILES string of the molecule is CN(Cc1nc(-c2ccc(F)cc2)no1)C1CCNC1.Cl. The van der Waals surface area contributed by atoms with E-state index in [-0.39, 0.29) is 18.2 Å². The summed E-state index contributed by atoms with van der Waals surface area (Å²) in [5, 5.41) is 7.28. The maximum Gasteiger partial charge on any atom is 0.241 e. The van der Waals surface area contributed by atoms with Crippen molar-refractivity contribution in [1.82, 2.24) is 20.4 Å². The second-order valence-corrected chi connectivity index (χ2v) is 5.08. The summed E-state index contributed by atoms with van der Waals surface area (Å²) in [6.45, 7) is 2.68. The van der Waals surface area contributed by atoms with Gasteiger partial charge in [-0.2, -0.15) is 4.98 Å². The molecule has 114 valence electrons. The van der Waals surface area contributed by atoms with Crippen molar-refractivity contribution in [3.05, 3.63) is 36.0 Å². The average Bonchev–Trinajstić information content (AvgIpc) is 3.10. The van der Waals surface area contributed by atoms with Crippen LogP contribution in [-0.2, 0) is 6.54 Å². The number of hydrogen-bond acceptors (Lipinski definition) is 5. The molecule has 1 saturated heterocycles. The van der Waals surface area contributed by atoms with Gasteiger partial charge in [0.2, 0.25) is 11.7 Å². The highest BCUT2D eigenvalue weighted by Crippen LogP contribution is 2.17. The first-order chi connectivity index (χ1) is 9.72. The van der Waals surface area contributed by atoms with Gasteiger partial charge < -0.3 is 9.84 Å². The topological polar surface area (TPSA) is 54.2 Å². The summed E-state index contributed by atoms with van der Waals surface area (Å²) in [5.41, 5.74) is 0.756. The molecule has 1 N–H and O–H groups in total. The lowest BCUT2D eigenvalue weighted by molar-refractivity contribution is 0.214. The van der Waals surface area contributed by atoms with Crippen LogP contribution in [0.4, 0.5) is 4.39 Å². The molecule has 2 aromatic rings. The maximum atomic E-state index is 12.9. The quantitative estimate of drug-likeness (QED) is 0.937. The molecule has 1 atom stereocenters. The van der Waals surface area contributed by atoms with E-state index in [2.05, 4.69) is 27.4 Å². The van der Waals surface area contributed by atoms with Gasteiger partial charge in [-0.25, -0.2) is 4.39 Å². The van der Waals surface area contributed by atoms with E-state index in [9.17, 15) is 4.39 Å². The van der Waals surface area contributed by atoms with Gasteiger partial charge in [-0.3, -0.25) is 4.90 Å². The van der Waals surface area contributed by atoms with Gasteiger partial charge in [0.25, 0.3) is 0 Å². The van der Waals surface area contributed by atoms with E-state index in [0.717, 1.165) is 25.1 Å². The Morgan fingerprint density at radius 3 is 2.81 bits per heavy atom. The fraction of sp³-hybridized carbons (Fsp3) is 0.429. The zero-order chi connectivity index (χ0) is 13.9. The van der Waals surface area contributed by atoms with Gasteiger partial charge in [0.15, 0.2) is 0 Å². The molecule has 1 fully saturated rings. The first-order valence-electron chi connectivity index (χ1n) is 6.72. The molecule has 0 amide bonds. The summed E-state index contributed by atoms with van der Waals surface area (Å²) in [6.07, 6.45) is 1.13. The lowest BCUT2D eigenvalue weighted by atomic mass is 10.2. The van der Waals surface area contributed by atoms with Crippen LogP contribution in [0.1, 0.15) is 12.3 Å². The van der Waals surface area contributed by atoms with Crippen LogP contribution in [0.3, 0.4) is 0 Å². The molecule has 0 saturated carbocycles. The lowest BCUT2D eigenvalue weighted by Crippen LogP contribution is -2.32. The van der Waals surface area contributed by atoms with Crippen LogP contribution < -0.4 is 5.32 Å². The molecule has 0 bridgehead atoms. The third-order valence-electron chi connectivity index (χ3n) is 3.61. The number of benzene rings is 1. The van der Waals surface area contributed by atoms with Crippen LogP contribution in [0.5, 0.6) is 0 Å². The Balaban J connectivity index is 0.00000161. The molecule has 1 aliphatic heterocycles. The first-order valence-corrected chi connectivity index (χ1v) is 6.72. The van der Waals surface area contributed by atoms with Crippen LogP contribution in [-0.4, -0.2) is 41.2 Å². The van der Waals surface area contributed by atoms with Crippen molar-refractivity contribution in [2.24, 2.45) is 0 Å². The van der Waals surface area contributed by atoms with Gasteiger partial charge in [-0.1, -0.05) is 5.16 Å². The van der Waals surface area contributed by atoms with Crippen LogP contribution >= 0.6 is 12.4 Å². The Labute approximate surface area is 128 Å². The molecule has 0 aliphatic carbocycles. The largest absolute Gasteiger partial charge is 0.338 e. The monoisotopic (exact) mass is 312 g/mol. The number of likely N-dealkylation sites (N-methyl/N-ethyl adjacent to an activating group) is 1. The molecule has 0 radical (unpaired) electrons. The number of halogens is 2. The average molecular weight is 313 g/mol. The molecule has 2 heterocycles. The number of hydrogen-bond donors (Lipinski definition) is 1.